The van der Waals surface area contributed by atoms with Crippen LogP contribution in [-0.4, -0.2) is 21.0 Å². The normalized spacial score (nSPS) is 16.0. The number of amides is 2. The van der Waals surface area contributed by atoms with Gasteiger partial charge >= 0.3 is 0 Å². The van der Waals surface area contributed by atoms with Crippen LogP contribution in [0.2, 0.25) is 15.1 Å². The molecule has 0 spiro atoms. The first-order valence-corrected chi connectivity index (χ1v) is 9.25. The van der Waals surface area contributed by atoms with Gasteiger partial charge in [0.25, 0.3) is 11.8 Å². The summed E-state index contributed by atoms with van der Waals surface area (Å²) < 4.78 is 0.168. The van der Waals surface area contributed by atoms with Gasteiger partial charge in [0.1, 0.15) is 0 Å². The van der Waals surface area contributed by atoms with Crippen molar-refractivity contribution in [3.63, 3.8) is 0 Å². The molecule has 1 aliphatic rings. The van der Waals surface area contributed by atoms with Crippen LogP contribution < -0.4 is 0 Å². The maximum atomic E-state index is 12.6. The molecular formula is C17H8Cl3NO2S2. The van der Waals surface area contributed by atoms with Crippen molar-refractivity contribution in [2.24, 2.45) is 0 Å². The van der Waals surface area contributed by atoms with Gasteiger partial charge in [-0.25, -0.2) is 4.90 Å². The number of thiocarbonyl (C=S) groups is 1. The molecule has 1 heterocycles. The summed E-state index contributed by atoms with van der Waals surface area (Å²) in [5.41, 5.74) is 0.942. The highest BCUT2D eigenvalue weighted by Crippen LogP contribution is 2.35. The summed E-state index contributed by atoms with van der Waals surface area (Å²) in [6.45, 7) is 0. The summed E-state index contributed by atoms with van der Waals surface area (Å²) >= 11 is 24.1. The molecule has 2 amide bonds. The first-order valence-electron chi connectivity index (χ1n) is 6.90. The van der Waals surface area contributed by atoms with Gasteiger partial charge in [-0.2, -0.15) is 0 Å². The van der Waals surface area contributed by atoms with Crippen molar-refractivity contribution >= 4 is 81.0 Å². The number of hydrogen-bond donors (Lipinski definition) is 0. The van der Waals surface area contributed by atoms with Gasteiger partial charge < -0.3 is 0 Å². The van der Waals surface area contributed by atoms with Gasteiger partial charge in [-0.05, 0) is 48.0 Å². The number of nitrogens with zero attached hydrogens (tertiary/aromatic N) is 1. The van der Waals surface area contributed by atoms with E-state index in [1.807, 2.05) is 0 Å². The van der Waals surface area contributed by atoms with Gasteiger partial charge in [0, 0.05) is 20.6 Å². The Morgan fingerprint density at radius 2 is 1.68 bits per heavy atom. The third kappa shape index (κ3) is 3.91. The fraction of sp³-hybridized carbons (Fsp3) is 0. The van der Waals surface area contributed by atoms with Crippen LogP contribution in [0.25, 0.3) is 6.08 Å². The zero-order chi connectivity index (χ0) is 18.1. The molecule has 1 fully saturated rings. The Morgan fingerprint density at radius 3 is 2.32 bits per heavy atom. The highest BCUT2D eigenvalue weighted by Gasteiger charge is 2.37. The van der Waals surface area contributed by atoms with Crippen LogP contribution in [0.15, 0.2) is 47.4 Å². The maximum Gasteiger partial charge on any atom is 0.273 e. The fourth-order valence-electron chi connectivity index (χ4n) is 2.12. The predicted molar refractivity (Wildman–Crippen MR) is 107 cm³/mol. The van der Waals surface area contributed by atoms with Gasteiger partial charge in [-0.15, -0.1) is 0 Å². The molecule has 8 heteroatoms. The summed E-state index contributed by atoms with van der Waals surface area (Å²) in [5.74, 6) is -0.981. The van der Waals surface area contributed by atoms with E-state index in [4.69, 9.17) is 47.0 Å². The lowest BCUT2D eigenvalue weighted by Crippen LogP contribution is -2.34. The Hall–Kier alpha value is -1.37. The number of rotatable bonds is 2. The topological polar surface area (TPSA) is 37.4 Å². The van der Waals surface area contributed by atoms with E-state index in [0.29, 0.717) is 31.1 Å². The third-order valence-corrected chi connectivity index (χ3v) is 5.45. The first kappa shape index (κ1) is 18.4. The molecule has 0 N–H and O–H groups in total. The zero-order valence-corrected chi connectivity index (χ0v) is 16.2. The van der Waals surface area contributed by atoms with Crippen LogP contribution in [0.1, 0.15) is 15.9 Å². The number of imide groups is 1. The fourth-order valence-corrected chi connectivity index (χ4v) is 3.96. The van der Waals surface area contributed by atoms with Crippen molar-refractivity contribution in [2.75, 3.05) is 0 Å². The lowest BCUT2D eigenvalue weighted by Gasteiger charge is -2.12. The van der Waals surface area contributed by atoms with E-state index in [0.717, 1.165) is 16.7 Å². The van der Waals surface area contributed by atoms with Crippen molar-refractivity contribution in [3.8, 4) is 0 Å². The van der Waals surface area contributed by atoms with E-state index in [-0.39, 0.29) is 4.32 Å². The number of carbonyl (C=O) groups is 2. The third-order valence-electron chi connectivity index (χ3n) is 3.34. The Morgan fingerprint density at radius 1 is 1.04 bits per heavy atom. The van der Waals surface area contributed by atoms with E-state index >= 15 is 0 Å². The van der Waals surface area contributed by atoms with Crippen molar-refractivity contribution in [2.45, 2.75) is 0 Å². The van der Waals surface area contributed by atoms with Crippen LogP contribution in [0, 0.1) is 0 Å². The van der Waals surface area contributed by atoms with Gasteiger partial charge in [-0.3, -0.25) is 9.59 Å². The predicted octanol–water partition coefficient (Wildman–Crippen LogP) is 5.69. The highest BCUT2D eigenvalue weighted by atomic mass is 35.5. The molecule has 25 heavy (non-hydrogen) atoms. The Balaban J connectivity index is 1.90. The maximum absolute atomic E-state index is 12.6. The SMILES string of the molecule is O=C1C(=Cc2ccc(Cl)cc2Cl)SC(=S)N1C(=O)c1ccc(Cl)cc1. The minimum atomic E-state index is -0.496. The van der Waals surface area contributed by atoms with E-state index in [9.17, 15) is 9.59 Å². The van der Waals surface area contributed by atoms with E-state index in [2.05, 4.69) is 0 Å². The number of thioether (sulfide) groups is 1. The number of halogens is 3. The number of benzene rings is 2. The van der Waals surface area contributed by atoms with Crippen LogP contribution in [0.3, 0.4) is 0 Å². The summed E-state index contributed by atoms with van der Waals surface area (Å²) in [6.07, 6.45) is 1.59. The molecule has 0 aliphatic carbocycles. The first-order chi connectivity index (χ1) is 11.9. The molecule has 0 atom stereocenters. The lowest BCUT2D eigenvalue weighted by molar-refractivity contribution is -0.120. The molecule has 0 bridgehead atoms. The Labute approximate surface area is 168 Å². The van der Waals surface area contributed by atoms with Crippen molar-refractivity contribution in [1.82, 2.24) is 4.90 Å². The average Bonchev–Trinajstić information content (AvgIpc) is 2.84. The molecule has 0 aromatic heterocycles. The Kier molecular flexibility index (Phi) is 5.51. The molecule has 1 aliphatic heterocycles. The average molecular weight is 429 g/mol. The molecule has 3 rings (SSSR count). The van der Waals surface area contributed by atoms with Crippen LogP contribution in [-0.2, 0) is 4.79 Å². The smallest absolute Gasteiger partial charge is 0.268 e. The zero-order valence-electron chi connectivity index (χ0n) is 12.3. The van der Waals surface area contributed by atoms with E-state index < -0.39 is 11.8 Å². The summed E-state index contributed by atoms with van der Waals surface area (Å²) in [7, 11) is 0. The van der Waals surface area contributed by atoms with E-state index in [1.165, 1.54) is 0 Å². The summed E-state index contributed by atoms with van der Waals surface area (Å²) in [6, 6.07) is 11.2. The molecular weight excluding hydrogens is 421 g/mol. The van der Waals surface area contributed by atoms with Gasteiger partial charge in [-0.1, -0.05) is 64.8 Å². The van der Waals surface area contributed by atoms with Gasteiger partial charge in [0.2, 0.25) is 0 Å². The summed E-state index contributed by atoms with van der Waals surface area (Å²) in [5, 5.41) is 1.40. The van der Waals surface area contributed by atoms with Gasteiger partial charge in [0.05, 0.1) is 4.91 Å². The largest absolute Gasteiger partial charge is 0.273 e. The molecule has 0 saturated carbocycles. The minimum absolute atomic E-state index is 0.168. The molecule has 2 aromatic rings. The van der Waals surface area contributed by atoms with Gasteiger partial charge in [0.15, 0.2) is 4.32 Å². The monoisotopic (exact) mass is 427 g/mol. The lowest BCUT2D eigenvalue weighted by atomic mass is 10.2. The number of carbonyl (C=O) groups excluding carboxylic acids is 2. The van der Waals surface area contributed by atoms with Crippen LogP contribution in [0.5, 0.6) is 0 Å². The molecule has 2 aromatic carbocycles. The highest BCUT2D eigenvalue weighted by molar-refractivity contribution is 8.26. The van der Waals surface area contributed by atoms with Crippen LogP contribution in [0.4, 0.5) is 0 Å². The molecule has 1 saturated heterocycles. The quantitative estimate of drug-likeness (QED) is 0.350. The molecule has 0 radical (unpaired) electrons. The van der Waals surface area contributed by atoms with Crippen molar-refractivity contribution < 1.29 is 9.59 Å². The molecule has 0 unspecified atom stereocenters. The Bertz CT molecular complexity index is 926. The number of hydrogen-bond acceptors (Lipinski definition) is 4. The second-order valence-corrected chi connectivity index (χ2v) is 7.95. The minimum Gasteiger partial charge on any atom is -0.268 e. The standard InChI is InChI=1S/C17H8Cl3NO2S2/c18-11-4-1-9(2-5-11)15(22)21-16(23)14(25-17(21)24)7-10-3-6-12(19)8-13(10)20/h1-8H. The molecule has 126 valence electrons. The van der Waals surface area contributed by atoms with Crippen molar-refractivity contribution in [3.05, 3.63) is 73.6 Å². The summed E-state index contributed by atoms with van der Waals surface area (Å²) in [4.78, 5) is 26.5. The van der Waals surface area contributed by atoms with E-state index in [1.54, 1.807) is 48.5 Å². The van der Waals surface area contributed by atoms with Crippen molar-refractivity contribution in [1.29, 1.82) is 0 Å². The van der Waals surface area contributed by atoms with Crippen LogP contribution >= 0.6 is 58.8 Å². The second kappa shape index (κ2) is 7.48. The second-order valence-electron chi connectivity index (χ2n) is 5.00. The molecule has 3 nitrogen and oxygen atoms in total.